The molecule has 0 saturated carbocycles. The van der Waals surface area contributed by atoms with Gasteiger partial charge in [-0.15, -0.1) is 0 Å². The van der Waals surface area contributed by atoms with Crippen molar-refractivity contribution in [3.63, 3.8) is 0 Å². The van der Waals surface area contributed by atoms with Crippen LogP contribution in [0.4, 0.5) is 0 Å². The van der Waals surface area contributed by atoms with Crippen molar-refractivity contribution in [3.8, 4) is 0 Å². The number of carboxylic acid groups (broad SMARTS) is 1. The number of carbonyl (C=O) groups excluding carboxylic acids is 1. The number of morpholine rings is 1. The highest BCUT2D eigenvalue weighted by molar-refractivity contribution is 6.31. The van der Waals surface area contributed by atoms with Gasteiger partial charge in [0.25, 0.3) is 0 Å². The fourth-order valence-electron chi connectivity index (χ4n) is 2.96. The molecule has 1 aliphatic rings. The minimum Gasteiger partial charge on any atom is -0.478 e. The van der Waals surface area contributed by atoms with Gasteiger partial charge in [0.15, 0.2) is 0 Å². The fourth-order valence-corrected chi connectivity index (χ4v) is 3.22. The molecule has 3 rings (SSSR count). The maximum absolute atomic E-state index is 12.6. The van der Waals surface area contributed by atoms with E-state index >= 15 is 0 Å². The molecule has 2 aromatic rings. The number of carboxylic acids is 1. The number of nitrogens with zero attached hydrogens (tertiary/aromatic N) is 1. The summed E-state index contributed by atoms with van der Waals surface area (Å²) >= 11 is 6.22. The number of benzene rings is 2. The lowest BCUT2D eigenvalue weighted by molar-refractivity contribution is -0.138. The molecule has 0 bridgehead atoms. The molecule has 0 spiro atoms. The number of hydrogen-bond acceptors (Lipinski definition) is 3. The van der Waals surface area contributed by atoms with Gasteiger partial charge in [-0.05, 0) is 17.7 Å². The highest BCUT2D eigenvalue weighted by Gasteiger charge is 2.27. The van der Waals surface area contributed by atoms with Crippen LogP contribution in [0.1, 0.15) is 27.6 Å². The predicted octanol–water partition coefficient (Wildman–Crippen LogP) is 3.18. The molecule has 5 nitrogen and oxygen atoms in total. The van der Waals surface area contributed by atoms with E-state index in [0.29, 0.717) is 30.3 Å². The van der Waals surface area contributed by atoms with Crippen molar-refractivity contribution in [2.75, 3.05) is 19.7 Å². The van der Waals surface area contributed by atoms with Gasteiger partial charge in [-0.25, -0.2) is 4.79 Å². The maximum atomic E-state index is 12.6. The average molecular weight is 360 g/mol. The van der Waals surface area contributed by atoms with Crippen LogP contribution in [0.2, 0.25) is 5.02 Å². The van der Waals surface area contributed by atoms with E-state index in [4.69, 9.17) is 16.3 Å². The molecule has 0 radical (unpaired) electrons. The monoisotopic (exact) mass is 359 g/mol. The molecule has 2 aromatic carbocycles. The van der Waals surface area contributed by atoms with Crippen LogP contribution in [0.5, 0.6) is 0 Å². The molecular formula is C19H18ClNO4. The van der Waals surface area contributed by atoms with Crippen LogP contribution in [-0.2, 0) is 16.0 Å². The second-order valence-corrected chi connectivity index (χ2v) is 6.27. The number of aromatic carboxylic acids is 1. The largest absolute Gasteiger partial charge is 0.478 e. The summed E-state index contributed by atoms with van der Waals surface area (Å²) in [7, 11) is 0. The smallest absolute Gasteiger partial charge is 0.335 e. The van der Waals surface area contributed by atoms with Gasteiger partial charge in [0, 0.05) is 17.1 Å². The Kier molecular flexibility index (Phi) is 5.36. The van der Waals surface area contributed by atoms with Gasteiger partial charge in [-0.3, -0.25) is 4.79 Å². The average Bonchev–Trinajstić information content (AvgIpc) is 2.62. The summed E-state index contributed by atoms with van der Waals surface area (Å²) in [4.78, 5) is 25.6. The first-order valence-electron chi connectivity index (χ1n) is 8.01. The topological polar surface area (TPSA) is 66.8 Å². The lowest BCUT2D eigenvalue weighted by atomic mass is 10.0. The predicted molar refractivity (Wildman–Crippen MR) is 93.8 cm³/mol. The molecule has 1 fully saturated rings. The number of ether oxygens (including phenoxy) is 1. The minimum absolute atomic E-state index is 0.0533. The van der Waals surface area contributed by atoms with E-state index in [1.807, 2.05) is 18.2 Å². The molecule has 25 heavy (non-hydrogen) atoms. The quantitative estimate of drug-likeness (QED) is 0.910. The normalized spacial score (nSPS) is 17.3. The third-order valence-corrected chi connectivity index (χ3v) is 4.60. The van der Waals surface area contributed by atoms with Gasteiger partial charge in [-0.1, -0.05) is 48.0 Å². The highest BCUT2D eigenvalue weighted by Crippen LogP contribution is 2.28. The molecule has 6 heteroatoms. The molecule has 1 amide bonds. The van der Waals surface area contributed by atoms with Gasteiger partial charge < -0.3 is 14.7 Å². The van der Waals surface area contributed by atoms with E-state index in [0.717, 1.165) is 5.56 Å². The van der Waals surface area contributed by atoms with E-state index < -0.39 is 5.97 Å². The molecule has 1 aliphatic heterocycles. The van der Waals surface area contributed by atoms with Crippen LogP contribution in [0.15, 0.2) is 48.5 Å². The third kappa shape index (κ3) is 4.00. The summed E-state index contributed by atoms with van der Waals surface area (Å²) in [6, 6.07) is 14.0. The number of rotatable bonds is 4. The first kappa shape index (κ1) is 17.5. The third-order valence-electron chi connectivity index (χ3n) is 4.26. The van der Waals surface area contributed by atoms with Crippen molar-refractivity contribution in [1.29, 1.82) is 0 Å². The lowest BCUT2D eigenvalue weighted by Gasteiger charge is -2.33. The van der Waals surface area contributed by atoms with Gasteiger partial charge in [0.2, 0.25) is 5.91 Å². The van der Waals surface area contributed by atoms with Crippen LogP contribution in [-0.4, -0.2) is 41.6 Å². The molecule has 0 aromatic heterocycles. The Bertz CT molecular complexity index is 792. The van der Waals surface area contributed by atoms with Crippen LogP contribution in [0.25, 0.3) is 0 Å². The Balaban J connectivity index is 1.73. The van der Waals surface area contributed by atoms with Crippen molar-refractivity contribution in [2.24, 2.45) is 0 Å². The fraction of sp³-hybridized carbons (Fsp3) is 0.263. The lowest BCUT2D eigenvalue weighted by Crippen LogP contribution is -2.43. The van der Waals surface area contributed by atoms with Gasteiger partial charge >= 0.3 is 5.97 Å². The molecule has 1 N–H and O–H groups in total. The summed E-state index contributed by atoms with van der Waals surface area (Å²) in [5.41, 5.74) is 1.53. The van der Waals surface area contributed by atoms with E-state index in [2.05, 4.69) is 0 Å². The van der Waals surface area contributed by atoms with Crippen molar-refractivity contribution in [1.82, 2.24) is 4.90 Å². The summed E-state index contributed by atoms with van der Waals surface area (Å²) in [6.07, 6.45) is -0.223. The summed E-state index contributed by atoms with van der Waals surface area (Å²) in [6.45, 7) is 1.30. The second-order valence-electron chi connectivity index (χ2n) is 5.86. The molecule has 130 valence electrons. The molecule has 1 heterocycles. The minimum atomic E-state index is -1.03. The zero-order valence-electron chi connectivity index (χ0n) is 13.5. The Hall–Kier alpha value is -2.37. The SMILES string of the molecule is O=C(O)c1ccccc1CC(=O)N1CCOC(c2ccccc2Cl)C1. The van der Waals surface area contributed by atoms with Crippen LogP contribution in [0.3, 0.4) is 0 Å². The first-order valence-corrected chi connectivity index (χ1v) is 8.39. The number of amides is 1. The van der Waals surface area contributed by atoms with Crippen molar-refractivity contribution >= 4 is 23.5 Å². The summed E-state index contributed by atoms with van der Waals surface area (Å²) in [5, 5.41) is 9.86. The number of carbonyl (C=O) groups is 2. The molecule has 1 saturated heterocycles. The number of halogens is 1. The first-order chi connectivity index (χ1) is 12.1. The van der Waals surface area contributed by atoms with E-state index in [9.17, 15) is 14.7 Å². The summed E-state index contributed by atoms with van der Waals surface area (Å²) < 4.78 is 5.76. The van der Waals surface area contributed by atoms with Crippen molar-refractivity contribution in [3.05, 3.63) is 70.2 Å². The van der Waals surface area contributed by atoms with Crippen LogP contribution >= 0.6 is 11.6 Å². The summed E-state index contributed by atoms with van der Waals surface area (Å²) in [5.74, 6) is -1.15. The number of hydrogen-bond donors (Lipinski definition) is 1. The van der Waals surface area contributed by atoms with Gasteiger partial charge in [0.1, 0.15) is 6.10 Å². The Labute approximate surface area is 150 Å². The highest BCUT2D eigenvalue weighted by atomic mass is 35.5. The Morgan fingerprint density at radius 3 is 2.64 bits per heavy atom. The van der Waals surface area contributed by atoms with E-state index in [-0.39, 0.29) is 24.0 Å². The molecular weight excluding hydrogens is 342 g/mol. The van der Waals surface area contributed by atoms with Crippen molar-refractivity contribution < 1.29 is 19.4 Å². The Morgan fingerprint density at radius 1 is 1.16 bits per heavy atom. The van der Waals surface area contributed by atoms with E-state index in [1.165, 1.54) is 6.07 Å². The Morgan fingerprint density at radius 2 is 1.88 bits per heavy atom. The van der Waals surface area contributed by atoms with Crippen LogP contribution in [0, 0.1) is 0 Å². The van der Waals surface area contributed by atoms with Crippen LogP contribution < -0.4 is 0 Å². The zero-order chi connectivity index (χ0) is 17.8. The van der Waals surface area contributed by atoms with E-state index in [1.54, 1.807) is 29.2 Å². The zero-order valence-corrected chi connectivity index (χ0v) is 14.3. The second kappa shape index (κ2) is 7.68. The molecule has 0 aliphatic carbocycles. The standard InChI is InChI=1S/C19H18ClNO4/c20-16-8-4-3-7-15(16)17-12-21(9-10-25-17)18(22)11-13-5-1-2-6-14(13)19(23)24/h1-8,17H,9-12H2,(H,23,24). The van der Waals surface area contributed by atoms with Gasteiger partial charge in [-0.2, -0.15) is 0 Å². The molecule has 1 unspecified atom stereocenters. The van der Waals surface area contributed by atoms with Gasteiger partial charge in [0.05, 0.1) is 25.1 Å². The maximum Gasteiger partial charge on any atom is 0.335 e. The molecule has 1 atom stereocenters. The van der Waals surface area contributed by atoms with Crippen molar-refractivity contribution in [2.45, 2.75) is 12.5 Å².